The number of likely N-dealkylation sites (N-methyl/N-ethyl adjacent to an activating group) is 1. The van der Waals surface area contributed by atoms with Crippen molar-refractivity contribution in [2.75, 3.05) is 13.6 Å². The van der Waals surface area contributed by atoms with Gasteiger partial charge in [0.15, 0.2) is 13.2 Å². The first-order chi connectivity index (χ1) is 12.1. The monoisotopic (exact) mass is 377 g/mol. The molecule has 2 N–H and O–H groups in total. The summed E-state index contributed by atoms with van der Waals surface area (Å²) in [7, 11) is 1.92. The van der Waals surface area contributed by atoms with Crippen molar-refractivity contribution in [1.29, 1.82) is 0 Å². The van der Waals surface area contributed by atoms with Crippen molar-refractivity contribution in [1.82, 2.24) is 15.1 Å². The molecule has 26 heavy (non-hydrogen) atoms. The number of aromatic nitrogens is 2. The molecule has 1 amide bonds. The van der Waals surface area contributed by atoms with Crippen LogP contribution in [0.1, 0.15) is 40.2 Å². The number of nitrogens with one attached hydrogen (secondary N) is 2. The maximum atomic E-state index is 11.9. The number of nitrogens with zero attached hydrogens (tertiary/aromatic N) is 2. The van der Waals surface area contributed by atoms with Gasteiger partial charge in [-0.25, -0.2) is 0 Å². The van der Waals surface area contributed by atoms with Crippen LogP contribution in [0.4, 0.5) is 0 Å². The molecule has 0 bridgehead atoms. The molecule has 0 aliphatic rings. The number of rotatable bonds is 6. The van der Waals surface area contributed by atoms with Crippen LogP contribution in [0.25, 0.3) is 11.5 Å². The van der Waals surface area contributed by atoms with E-state index in [4.69, 9.17) is 16.6 Å². The predicted octanol–water partition coefficient (Wildman–Crippen LogP) is 2.17. The molecule has 6 nitrogen and oxygen atoms in total. The van der Waals surface area contributed by atoms with Gasteiger partial charge in [-0.15, -0.1) is 5.10 Å². The molecule has 2 rings (SSSR count). The maximum absolute atomic E-state index is 11.9. The van der Waals surface area contributed by atoms with Crippen molar-refractivity contribution >= 4 is 18.1 Å². The number of amides is 1. The normalized spacial score (nSPS) is 13.0. The Bertz CT molecular complexity index is 800. The Morgan fingerprint density at radius 3 is 2.46 bits per heavy atom. The minimum Gasteiger partial charge on any atom is -0.409 e. The second-order valence-corrected chi connectivity index (χ2v) is 8.36. The highest BCUT2D eigenvalue weighted by Crippen LogP contribution is 2.25. The van der Waals surface area contributed by atoms with E-state index < -0.39 is 0 Å². The second-order valence-electron chi connectivity index (χ2n) is 8.01. The van der Waals surface area contributed by atoms with E-state index in [1.807, 2.05) is 33.0 Å². The van der Waals surface area contributed by atoms with Crippen LogP contribution in [0.5, 0.6) is 0 Å². The molecule has 0 spiro atoms. The Balaban J connectivity index is 2.09. The Morgan fingerprint density at radius 1 is 1.31 bits per heavy atom. The summed E-state index contributed by atoms with van der Waals surface area (Å²) in [6.07, 6.45) is 0. The van der Waals surface area contributed by atoms with Crippen molar-refractivity contribution < 1.29 is 14.1 Å². The molecule has 0 radical (unpaired) electrons. The van der Waals surface area contributed by atoms with E-state index in [1.165, 1.54) is 5.56 Å². The molecule has 1 heterocycles. The quantitative estimate of drug-likeness (QED) is 0.758. The number of carbonyl (C=O) groups is 1. The number of hydrogen-bond donors (Lipinski definition) is 2. The highest BCUT2D eigenvalue weighted by Gasteiger charge is 2.16. The van der Waals surface area contributed by atoms with Crippen LogP contribution in [-0.2, 0) is 16.9 Å². The van der Waals surface area contributed by atoms with Crippen molar-refractivity contribution in [3.63, 3.8) is 0 Å². The molecule has 1 aromatic carbocycles. The highest BCUT2D eigenvalue weighted by molar-refractivity contribution is 7.71. The fourth-order valence-electron chi connectivity index (χ4n) is 2.59. The Kier molecular flexibility index (Phi) is 6.36. The number of benzene rings is 1. The zero-order chi connectivity index (χ0) is 19.5. The zero-order valence-electron chi connectivity index (χ0n) is 16.4. The van der Waals surface area contributed by atoms with E-state index in [9.17, 15) is 4.79 Å². The van der Waals surface area contributed by atoms with Gasteiger partial charge >= 0.3 is 0 Å². The van der Waals surface area contributed by atoms with Crippen LogP contribution in [0.15, 0.2) is 28.7 Å². The molecule has 2 aromatic rings. The SMILES string of the molecule is CC(C)NC(=O)C[NH+](C)Cn1nc(-c2ccc(C(C)(C)C)cc2)oc1=S. The van der Waals surface area contributed by atoms with Crippen molar-refractivity contribution in [3.05, 3.63) is 34.7 Å². The first-order valence-corrected chi connectivity index (χ1v) is 9.26. The van der Waals surface area contributed by atoms with Crippen molar-refractivity contribution in [2.45, 2.75) is 52.7 Å². The minimum atomic E-state index is 0.00510. The van der Waals surface area contributed by atoms with E-state index in [0.29, 0.717) is 23.9 Å². The van der Waals surface area contributed by atoms with Crippen LogP contribution in [-0.4, -0.2) is 35.3 Å². The molecule has 1 unspecified atom stereocenters. The van der Waals surface area contributed by atoms with E-state index in [0.717, 1.165) is 10.5 Å². The molecule has 1 aromatic heterocycles. The Hall–Kier alpha value is -1.99. The van der Waals surface area contributed by atoms with Crippen LogP contribution in [0.3, 0.4) is 0 Å². The second kappa shape index (κ2) is 8.14. The average molecular weight is 378 g/mol. The third-order valence-electron chi connectivity index (χ3n) is 3.94. The largest absolute Gasteiger partial charge is 0.409 e. The topological polar surface area (TPSA) is 64.5 Å². The molecule has 7 heteroatoms. The lowest BCUT2D eigenvalue weighted by atomic mass is 9.87. The highest BCUT2D eigenvalue weighted by atomic mass is 32.1. The molecular weight excluding hydrogens is 348 g/mol. The van der Waals surface area contributed by atoms with Gasteiger partial charge in [-0.05, 0) is 49.2 Å². The van der Waals surface area contributed by atoms with Crippen LogP contribution in [0.2, 0.25) is 0 Å². The van der Waals surface area contributed by atoms with E-state index in [1.54, 1.807) is 4.68 Å². The van der Waals surface area contributed by atoms with Crippen LogP contribution in [0, 0.1) is 4.84 Å². The Labute approximate surface area is 160 Å². The van der Waals surface area contributed by atoms with Gasteiger partial charge in [0.25, 0.3) is 10.7 Å². The van der Waals surface area contributed by atoms with Crippen LogP contribution >= 0.6 is 12.2 Å². The fraction of sp³-hybridized carbons (Fsp3) is 0.526. The summed E-state index contributed by atoms with van der Waals surface area (Å²) in [5.41, 5.74) is 2.23. The number of hydrogen-bond acceptors (Lipinski definition) is 4. The van der Waals surface area contributed by atoms with E-state index in [-0.39, 0.29) is 17.4 Å². The van der Waals surface area contributed by atoms with Crippen LogP contribution < -0.4 is 10.2 Å². The fourth-order valence-corrected chi connectivity index (χ4v) is 2.78. The first-order valence-electron chi connectivity index (χ1n) is 8.86. The summed E-state index contributed by atoms with van der Waals surface area (Å²) in [6, 6.07) is 8.30. The van der Waals surface area contributed by atoms with Gasteiger partial charge in [-0.2, -0.15) is 4.68 Å². The van der Waals surface area contributed by atoms with Gasteiger partial charge in [-0.3, -0.25) is 4.79 Å². The number of carbonyl (C=O) groups excluding carboxylic acids is 1. The van der Waals surface area contributed by atoms with Crippen molar-refractivity contribution in [3.8, 4) is 11.5 Å². The molecule has 0 saturated heterocycles. The third-order valence-corrected chi connectivity index (χ3v) is 4.23. The molecule has 142 valence electrons. The smallest absolute Gasteiger partial charge is 0.292 e. The Morgan fingerprint density at radius 2 is 1.92 bits per heavy atom. The van der Waals surface area contributed by atoms with Gasteiger partial charge in [0.2, 0.25) is 5.89 Å². The molecule has 0 aliphatic heterocycles. The summed E-state index contributed by atoms with van der Waals surface area (Å²) in [5.74, 6) is 0.500. The van der Waals surface area contributed by atoms with E-state index in [2.05, 4.69) is 43.3 Å². The summed E-state index contributed by atoms with van der Waals surface area (Å²) in [6.45, 7) is 11.2. The summed E-state index contributed by atoms with van der Waals surface area (Å²) in [4.78, 5) is 13.2. The maximum Gasteiger partial charge on any atom is 0.292 e. The predicted molar refractivity (Wildman–Crippen MR) is 104 cm³/mol. The summed E-state index contributed by atoms with van der Waals surface area (Å²) in [5, 5.41) is 7.36. The minimum absolute atomic E-state index is 0.00510. The lowest BCUT2D eigenvalue weighted by molar-refractivity contribution is -0.895. The molecule has 0 saturated carbocycles. The lowest BCUT2D eigenvalue weighted by Gasteiger charge is -2.18. The van der Waals surface area contributed by atoms with E-state index >= 15 is 0 Å². The molecule has 0 fully saturated rings. The molecule has 1 atom stereocenters. The zero-order valence-corrected chi connectivity index (χ0v) is 17.2. The standard InChI is InChI=1S/C19H28N4O2S/c1-13(2)20-16(24)11-22(6)12-23-18(26)25-17(21-23)14-7-9-15(10-8-14)19(3,4)5/h7-10,13H,11-12H2,1-6H3,(H,20,24)/p+1. The first kappa shape index (κ1) is 20.3. The molecule has 0 aliphatic carbocycles. The third kappa shape index (κ3) is 5.51. The van der Waals surface area contributed by atoms with Crippen molar-refractivity contribution in [2.24, 2.45) is 0 Å². The summed E-state index contributed by atoms with van der Waals surface area (Å²) >= 11 is 5.28. The van der Waals surface area contributed by atoms with Gasteiger partial charge in [0, 0.05) is 11.6 Å². The van der Waals surface area contributed by atoms with Gasteiger partial charge < -0.3 is 14.6 Å². The van der Waals surface area contributed by atoms with Gasteiger partial charge in [0.05, 0.1) is 7.05 Å². The van der Waals surface area contributed by atoms with Gasteiger partial charge in [-0.1, -0.05) is 32.9 Å². The lowest BCUT2D eigenvalue weighted by Crippen LogP contribution is -3.09. The number of quaternary nitrogens is 1. The average Bonchev–Trinajstić information content (AvgIpc) is 2.86. The summed E-state index contributed by atoms with van der Waals surface area (Å²) < 4.78 is 7.27. The molecular formula is C19H29N4O2S+. The van der Waals surface area contributed by atoms with Gasteiger partial charge in [0.1, 0.15) is 0 Å².